The van der Waals surface area contributed by atoms with Crippen molar-refractivity contribution < 1.29 is 27.8 Å². The summed E-state index contributed by atoms with van der Waals surface area (Å²) in [6.45, 7) is 1.85. The molecular weight excluding hydrogens is 359 g/mol. The van der Waals surface area contributed by atoms with Crippen LogP contribution in [0, 0.1) is 5.92 Å². The number of ether oxygens (including phenoxy) is 2. The minimum absolute atomic E-state index is 0.150. The van der Waals surface area contributed by atoms with Crippen LogP contribution in [-0.4, -0.2) is 25.4 Å². The van der Waals surface area contributed by atoms with Crippen molar-refractivity contribution in [2.45, 2.75) is 31.7 Å². The Bertz CT molecular complexity index is 764. The van der Waals surface area contributed by atoms with Gasteiger partial charge in [0, 0.05) is 6.04 Å². The lowest BCUT2D eigenvalue weighted by Gasteiger charge is -2.26. The lowest BCUT2D eigenvalue weighted by Crippen LogP contribution is -2.36. The van der Waals surface area contributed by atoms with Gasteiger partial charge in [-0.05, 0) is 47.7 Å². The topological polar surface area (TPSA) is 64.7 Å². The fourth-order valence-electron chi connectivity index (χ4n) is 2.95. The van der Waals surface area contributed by atoms with Crippen LogP contribution < -0.4 is 15.2 Å². The normalized spacial score (nSPS) is 15.1. The summed E-state index contributed by atoms with van der Waals surface area (Å²) in [4.78, 5) is 0. The van der Waals surface area contributed by atoms with Gasteiger partial charge in [0.1, 0.15) is 0 Å². The van der Waals surface area contributed by atoms with Crippen molar-refractivity contribution in [1.82, 2.24) is 0 Å². The zero-order chi connectivity index (χ0) is 20.2. The van der Waals surface area contributed by atoms with Gasteiger partial charge < -0.3 is 20.3 Å². The van der Waals surface area contributed by atoms with Crippen molar-refractivity contribution in [3.05, 3.63) is 59.2 Å². The largest absolute Gasteiger partial charge is 0.493 e. The molecule has 0 saturated carbocycles. The van der Waals surface area contributed by atoms with E-state index < -0.39 is 23.9 Å². The summed E-state index contributed by atoms with van der Waals surface area (Å²) in [5, 5.41) is 10.5. The molecule has 3 N–H and O–H groups in total. The van der Waals surface area contributed by atoms with Crippen molar-refractivity contribution in [1.29, 1.82) is 0 Å². The van der Waals surface area contributed by atoms with Crippen molar-refractivity contribution in [3.8, 4) is 11.5 Å². The van der Waals surface area contributed by atoms with Crippen molar-refractivity contribution in [2.24, 2.45) is 11.7 Å². The maximum atomic E-state index is 12.9. The van der Waals surface area contributed by atoms with Crippen LogP contribution in [0.2, 0.25) is 0 Å². The third-order valence-corrected chi connectivity index (χ3v) is 4.58. The quantitative estimate of drug-likeness (QED) is 0.760. The standard InChI is InChI=1S/C20H24F3NO3/c1-12(9-13-7-8-16(26-2)17(10-13)27-3)18(24)19(25)14-5-4-6-15(11-14)20(21,22)23/h4-8,10-12,18-19,25H,9,24H2,1-3H3. The summed E-state index contributed by atoms with van der Waals surface area (Å²) in [5.41, 5.74) is 6.41. The second-order valence-corrected chi connectivity index (χ2v) is 6.52. The Labute approximate surface area is 156 Å². The number of hydrogen-bond acceptors (Lipinski definition) is 4. The van der Waals surface area contributed by atoms with Gasteiger partial charge in [0.25, 0.3) is 0 Å². The molecule has 2 rings (SSSR count). The van der Waals surface area contributed by atoms with E-state index in [2.05, 4.69) is 0 Å². The van der Waals surface area contributed by atoms with Crippen LogP contribution in [0.1, 0.15) is 29.7 Å². The highest BCUT2D eigenvalue weighted by Crippen LogP contribution is 2.33. The van der Waals surface area contributed by atoms with E-state index in [-0.39, 0.29) is 11.5 Å². The highest BCUT2D eigenvalue weighted by Gasteiger charge is 2.32. The van der Waals surface area contributed by atoms with Crippen LogP contribution in [0.3, 0.4) is 0 Å². The maximum absolute atomic E-state index is 12.9. The highest BCUT2D eigenvalue weighted by molar-refractivity contribution is 5.43. The molecule has 3 atom stereocenters. The van der Waals surface area contributed by atoms with Crippen LogP contribution in [0.4, 0.5) is 13.2 Å². The van der Waals surface area contributed by atoms with Crippen LogP contribution >= 0.6 is 0 Å². The van der Waals surface area contributed by atoms with E-state index >= 15 is 0 Å². The first-order valence-corrected chi connectivity index (χ1v) is 8.49. The zero-order valence-electron chi connectivity index (χ0n) is 15.5. The molecule has 148 valence electrons. The smallest absolute Gasteiger partial charge is 0.416 e. The SMILES string of the molecule is COc1ccc(CC(C)C(N)C(O)c2cccc(C(F)(F)F)c2)cc1OC. The number of halogens is 3. The second kappa shape index (κ2) is 8.63. The van der Waals surface area contributed by atoms with Crippen LogP contribution in [0.5, 0.6) is 11.5 Å². The lowest BCUT2D eigenvalue weighted by molar-refractivity contribution is -0.137. The molecule has 0 saturated heterocycles. The molecule has 0 fully saturated rings. The number of alkyl halides is 3. The summed E-state index contributed by atoms with van der Waals surface area (Å²) in [6.07, 6.45) is -5.15. The highest BCUT2D eigenvalue weighted by atomic mass is 19.4. The van der Waals surface area contributed by atoms with Crippen LogP contribution in [0.15, 0.2) is 42.5 Å². The van der Waals surface area contributed by atoms with Gasteiger partial charge in [-0.25, -0.2) is 0 Å². The van der Waals surface area contributed by atoms with Crippen molar-refractivity contribution in [3.63, 3.8) is 0 Å². The Morgan fingerprint density at radius 2 is 1.70 bits per heavy atom. The number of aliphatic hydroxyl groups excluding tert-OH is 1. The van der Waals surface area contributed by atoms with Gasteiger partial charge in [-0.2, -0.15) is 13.2 Å². The fourth-order valence-corrected chi connectivity index (χ4v) is 2.95. The molecule has 0 aliphatic carbocycles. The molecule has 4 nitrogen and oxygen atoms in total. The summed E-state index contributed by atoms with van der Waals surface area (Å²) >= 11 is 0. The molecule has 7 heteroatoms. The number of rotatable bonds is 7. The predicted octanol–water partition coefficient (Wildman–Crippen LogP) is 3.96. The first-order valence-electron chi connectivity index (χ1n) is 8.49. The van der Waals surface area contributed by atoms with Gasteiger partial charge in [-0.3, -0.25) is 0 Å². The minimum atomic E-state index is -4.47. The van der Waals surface area contributed by atoms with Crippen molar-refractivity contribution >= 4 is 0 Å². The van der Waals surface area contributed by atoms with E-state index in [0.717, 1.165) is 17.7 Å². The van der Waals surface area contributed by atoms with Gasteiger partial charge in [0.2, 0.25) is 0 Å². The Balaban J connectivity index is 2.14. The molecule has 0 aliphatic heterocycles. The Morgan fingerprint density at radius 1 is 1.04 bits per heavy atom. The molecule has 0 spiro atoms. The average Bonchev–Trinajstić information content (AvgIpc) is 2.66. The van der Waals surface area contributed by atoms with E-state index in [1.54, 1.807) is 13.2 Å². The number of benzene rings is 2. The van der Waals surface area contributed by atoms with E-state index in [0.29, 0.717) is 17.9 Å². The monoisotopic (exact) mass is 383 g/mol. The first-order chi connectivity index (χ1) is 12.7. The van der Waals surface area contributed by atoms with Gasteiger partial charge in [-0.15, -0.1) is 0 Å². The Kier molecular flexibility index (Phi) is 6.73. The second-order valence-electron chi connectivity index (χ2n) is 6.52. The number of hydrogen-bond donors (Lipinski definition) is 2. The first kappa shape index (κ1) is 21.1. The summed E-state index contributed by atoms with van der Waals surface area (Å²) in [5.74, 6) is 0.990. The minimum Gasteiger partial charge on any atom is -0.493 e. The maximum Gasteiger partial charge on any atom is 0.416 e. The third kappa shape index (κ3) is 5.14. The summed E-state index contributed by atoms with van der Waals surface area (Å²) in [7, 11) is 3.08. The molecule has 27 heavy (non-hydrogen) atoms. The van der Waals surface area contributed by atoms with E-state index in [9.17, 15) is 18.3 Å². The summed E-state index contributed by atoms with van der Waals surface area (Å²) < 4.78 is 49.1. The number of aliphatic hydroxyl groups is 1. The molecule has 0 radical (unpaired) electrons. The van der Waals surface area contributed by atoms with Crippen LogP contribution in [-0.2, 0) is 12.6 Å². The third-order valence-electron chi connectivity index (χ3n) is 4.58. The average molecular weight is 383 g/mol. The van der Waals surface area contributed by atoms with Gasteiger partial charge in [-0.1, -0.05) is 25.1 Å². The molecule has 0 aliphatic rings. The number of methoxy groups -OCH3 is 2. The van der Waals surface area contributed by atoms with Gasteiger partial charge in [0.05, 0.1) is 25.9 Å². The van der Waals surface area contributed by atoms with Gasteiger partial charge >= 0.3 is 6.18 Å². The molecule has 0 heterocycles. The number of nitrogens with two attached hydrogens (primary N) is 1. The van der Waals surface area contributed by atoms with Gasteiger partial charge in [0.15, 0.2) is 11.5 Å². The predicted molar refractivity (Wildman–Crippen MR) is 96.8 cm³/mol. The Hall–Kier alpha value is -2.25. The van der Waals surface area contributed by atoms with Crippen LogP contribution in [0.25, 0.3) is 0 Å². The molecule has 2 aromatic carbocycles. The molecule has 0 aromatic heterocycles. The molecule has 3 unspecified atom stereocenters. The fraction of sp³-hybridized carbons (Fsp3) is 0.400. The molecule has 0 amide bonds. The lowest BCUT2D eigenvalue weighted by atomic mass is 9.88. The zero-order valence-corrected chi connectivity index (χ0v) is 15.5. The molecular formula is C20H24F3NO3. The summed E-state index contributed by atoms with van der Waals surface area (Å²) in [6, 6.07) is 9.34. The van der Waals surface area contributed by atoms with Crippen molar-refractivity contribution in [2.75, 3.05) is 14.2 Å². The molecule has 2 aromatic rings. The van der Waals surface area contributed by atoms with E-state index in [1.807, 2.05) is 19.1 Å². The molecule has 0 bridgehead atoms. The van der Waals surface area contributed by atoms with E-state index in [1.165, 1.54) is 19.2 Å². The Morgan fingerprint density at radius 3 is 2.30 bits per heavy atom. The van der Waals surface area contributed by atoms with E-state index in [4.69, 9.17) is 15.2 Å².